The van der Waals surface area contributed by atoms with Crippen molar-refractivity contribution in [1.29, 1.82) is 0 Å². The Morgan fingerprint density at radius 2 is 2.25 bits per heavy atom. The van der Waals surface area contributed by atoms with E-state index < -0.39 is 0 Å². The van der Waals surface area contributed by atoms with Crippen LogP contribution in [0.4, 0.5) is 5.82 Å². The van der Waals surface area contributed by atoms with Crippen molar-refractivity contribution >= 4 is 17.4 Å². The first-order valence-electron chi connectivity index (χ1n) is 5.93. The van der Waals surface area contributed by atoms with Crippen molar-refractivity contribution in [2.75, 3.05) is 11.4 Å². The number of nitrogens with zero attached hydrogens (tertiary/aromatic N) is 2. The molecule has 0 N–H and O–H groups in total. The van der Waals surface area contributed by atoms with E-state index >= 15 is 0 Å². The van der Waals surface area contributed by atoms with Crippen LogP contribution in [0.3, 0.4) is 0 Å². The molecular formula is C13H19ClN2. The van der Waals surface area contributed by atoms with E-state index in [0.29, 0.717) is 11.9 Å². The van der Waals surface area contributed by atoms with Crippen LogP contribution in [-0.4, -0.2) is 17.6 Å². The Kier molecular flexibility index (Phi) is 3.38. The highest BCUT2D eigenvalue weighted by Gasteiger charge is 2.24. The summed E-state index contributed by atoms with van der Waals surface area (Å²) in [7, 11) is 0. The van der Waals surface area contributed by atoms with Gasteiger partial charge in [0, 0.05) is 23.8 Å². The first kappa shape index (κ1) is 11.7. The monoisotopic (exact) mass is 238 g/mol. The molecule has 1 atom stereocenters. The largest absolute Gasteiger partial charge is 0.354 e. The molecule has 0 aliphatic carbocycles. The Balaban J connectivity index is 2.45. The van der Waals surface area contributed by atoms with Gasteiger partial charge in [-0.3, -0.25) is 0 Å². The summed E-state index contributed by atoms with van der Waals surface area (Å²) in [6.07, 6.45) is 2.52. The molecule has 16 heavy (non-hydrogen) atoms. The third kappa shape index (κ3) is 2.03. The van der Waals surface area contributed by atoms with Crippen LogP contribution in [0.1, 0.15) is 36.6 Å². The van der Waals surface area contributed by atoms with E-state index in [-0.39, 0.29) is 0 Å². The van der Waals surface area contributed by atoms with Gasteiger partial charge in [0.05, 0.1) is 5.88 Å². The quantitative estimate of drug-likeness (QED) is 0.734. The molecule has 88 valence electrons. The molecule has 0 amide bonds. The zero-order valence-electron chi connectivity index (χ0n) is 10.3. The van der Waals surface area contributed by atoms with Gasteiger partial charge in [0.2, 0.25) is 0 Å². The third-order valence-corrected chi connectivity index (χ3v) is 3.68. The van der Waals surface area contributed by atoms with E-state index in [0.717, 1.165) is 18.1 Å². The van der Waals surface area contributed by atoms with E-state index in [4.69, 9.17) is 11.6 Å². The summed E-state index contributed by atoms with van der Waals surface area (Å²) in [5.41, 5.74) is 3.54. The van der Waals surface area contributed by atoms with Gasteiger partial charge >= 0.3 is 0 Å². The molecule has 1 aromatic heterocycles. The van der Waals surface area contributed by atoms with Crippen molar-refractivity contribution in [2.24, 2.45) is 0 Å². The molecule has 0 radical (unpaired) electrons. The zero-order chi connectivity index (χ0) is 11.7. The molecule has 2 rings (SSSR count). The maximum Gasteiger partial charge on any atom is 0.133 e. The molecule has 0 aromatic carbocycles. The SMILES string of the molecule is Cc1cc(C)c(CCl)c(N2CCCC2C)n1. The second-order valence-electron chi connectivity index (χ2n) is 4.70. The summed E-state index contributed by atoms with van der Waals surface area (Å²) in [6.45, 7) is 7.55. The summed E-state index contributed by atoms with van der Waals surface area (Å²) in [6, 6.07) is 2.71. The fourth-order valence-corrected chi connectivity index (χ4v) is 2.82. The van der Waals surface area contributed by atoms with Gasteiger partial charge in [-0.15, -0.1) is 11.6 Å². The highest BCUT2D eigenvalue weighted by Crippen LogP contribution is 2.30. The van der Waals surface area contributed by atoms with Crippen molar-refractivity contribution in [3.05, 3.63) is 22.9 Å². The average molecular weight is 239 g/mol. The van der Waals surface area contributed by atoms with Gasteiger partial charge in [0.25, 0.3) is 0 Å². The number of halogens is 1. The molecule has 0 saturated carbocycles. The number of hydrogen-bond donors (Lipinski definition) is 0. The smallest absolute Gasteiger partial charge is 0.133 e. The third-order valence-electron chi connectivity index (χ3n) is 3.41. The molecular weight excluding hydrogens is 220 g/mol. The Labute approximate surface area is 103 Å². The number of rotatable bonds is 2. The number of aryl methyl sites for hydroxylation is 2. The minimum atomic E-state index is 0.553. The van der Waals surface area contributed by atoms with Crippen LogP contribution in [0.15, 0.2) is 6.07 Å². The van der Waals surface area contributed by atoms with Crippen molar-refractivity contribution in [3.8, 4) is 0 Å². The Bertz CT molecular complexity index is 390. The lowest BCUT2D eigenvalue weighted by Crippen LogP contribution is -2.28. The lowest BCUT2D eigenvalue weighted by molar-refractivity contribution is 0.723. The number of aromatic nitrogens is 1. The Hall–Kier alpha value is -0.760. The van der Waals surface area contributed by atoms with E-state index in [9.17, 15) is 0 Å². The second kappa shape index (κ2) is 4.62. The first-order chi connectivity index (χ1) is 7.63. The highest BCUT2D eigenvalue weighted by molar-refractivity contribution is 6.17. The van der Waals surface area contributed by atoms with Gasteiger partial charge < -0.3 is 4.90 Å². The van der Waals surface area contributed by atoms with Crippen LogP contribution in [0.5, 0.6) is 0 Å². The standard InChI is InChI=1S/C13H19ClN2/c1-9-7-10(2)15-13(12(9)8-14)16-6-4-5-11(16)3/h7,11H,4-6,8H2,1-3H3. The fraction of sp³-hybridized carbons (Fsp3) is 0.615. The number of hydrogen-bond acceptors (Lipinski definition) is 2. The molecule has 2 nitrogen and oxygen atoms in total. The van der Waals surface area contributed by atoms with Crippen LogP contribution in [0.25, 0.3) is 0 Å². The Morgan fingerprint density at radius 1 is 1.50 bits per heavy atom. The summed E-state index contributed by atoms with van der Waals surface area (Å²) < 4.78 is 0. The van der Waals surface area contributed by atoms with Crippen LogP contribution in [0.2, 0.25) is 0 Å². The lowest BCUT2D eigenvalue weighted by atomic mass is 10.1. The molecule has 3 heteroatoms. The van der Waals surface area contributed by atoms with Crippen molar-refractivity contribution < 1.29 is 0 Å². The van der Waals surface area contributed by atoms with E-state index in [1.165, 1.54) is 24.0 Å². The molecule has 1 unspecified atom stereocenters. The molecule has 2 heterocycles. The van der Waals surface area contributed by atoms with Gasteiger partial charge in [-0.1, -0.05) is 0 Å². The maximum absolute atomic E-state index is 6.05. The number of alkyl halides is 1. The second-order valence-corrected chi connectivity index (χ2v) is 4.97. The number of anilines is 1. The molecule has 1 saturated heterocycles. The molecule has 1 aromatic rings. The summed E-state index contributed by atoms with van der Waals surface area (Å²) in [4.78, 5) is 7.08. The summed E-state index contributed by atoms with van der Waals surface area (Å²) >= 11 is 6.05. The average Bonchev–Trinajstić information content (AvgIpc) is 2.63. The first-order valence-corrected chi connectivity index (χ1v) is 6.46. The minimum absolute atomic E-state index is 0.553. The maximum atomic E-state index is 6.05. The fourth-order valence-electron chi connectivity index (χ4n) is 2.49. The molecule has 1 fully saturated rings. The predicted octanol–water partition coefficient (Wildman–Crippen LogP) is 3.43. The van der Waals surface area contributed by atoms with Crippen LogP contribution < -0.4 is 4.90 Å². The number of pyridine rings is 1. The van der Waals surface area contributed by atoms with Crippen molar-refractivity contribution in [2.45, 2.75) is 45.5 Å². The van der Waals surface area contributed by atoms with E-state index in [2.05, 4.69) is 36.7 Å². The predicted molar refractivity (Wildman–Crippen MR) is 69.3 cm³/mol. The van der Waals surface area contributed by atoms with Gasteiger partial charge in [0.1, 0.15) is 5.82 Å². The van der Waals surface area contributed by atoms with Crippen molar-refractivity contribution in [3.63, 3.8) is 0 Å². The molecule has 1 aliphatic heterocycles. The molecule has 0 bridgehead atoms. The van der Waals surface area contributed by atoms with Gasteiger partial charge in [0.15, 0.2) is 0 Å². The highest BCUT2D eigenvalue weighted by atomic mass is 35.5. The lowest BCUT2D eigenvalue weighted by Gasteiger charge is -2.26. The van der Waals surface area contributed by atoms with Gasteiger partial charge in [-0.25, -0.2) is 4.98 Å². The summed E-state index contributed by atoms with van der Waals surface area (Å²) in [5.74, 6) is 1.66. The summed E-state index contributed by atoms with van der Waals surface area (Å²) in [5, 5.41) is 0. The van der Waals surface area contributed by atoms with Crippen molar-refractivity contribution in [1.82, 2.24) is 4.98 Å². The Morgan fingerprint density at radius 3 is 2.81 bits per heavy atom. The van der Waals surface area contributed by atoms with Crippen LogP contribution in [0, 0.1) is 13.8 Å². The topological polar surface area (TPSA) is 16.1 Å². The molecule has 1 aliphatic rings. The van der Waals surface area contributed by atoms with Gasteiger partial charge in [-0.2, -0.15) is 0 Å². The van der Waals surface area contributed by atoms with E-state index in [1.54, 1.807) is 0 Å². The van der Waals surface area contributed by atoms with Gasteiger partial charge in [-0.05, 0) is 45.2 Å². The van der Waals surface area contributed by atoms with Crippen LogP contribution in [-0.2, 0) is 5.88 Å². The van der Waals surface area contributed by atoms with E-state index in [1.807, 2.05) is 0 Å². The zero-order valence-corrected chi connectivity index (χ0v) is 11.0. The molecule has 0 spiro atoms. The van der Waals surface area contributed by atoms with Crippen LogP contribution >= 0.6 is 11.6 Å². The minimum Gasteiger partial charge on any atom is -0.354 e. The normalized spacial score (nSPS) is 20.5.